The maximum absolute atomic E-state index is 7.16. The van der Waals surface area contributed by atoms with Crippen molar-refractivity contribution < 1.29 is 0 Å². The summed E-state index contributed by atoms with van der Waals surface area (Å²) >= 11 is 0. The zero-order valence-electron chi connectivity index (χ0n) is 10.6. The largest absolute Gasteiger partial charge is 0.358 e. The van der Waals surface area contributed by atoms with Crippen LogP contribution in [0.5, 0.6) is 0 Å². The molecule has 0 aliphatic carbocycles. The molecule has 0 spiro atoms. The van der Waals surface area contributed by atoms with Crippen molar-refractivity contribution in [3.05, 3.63) is 30.1 Å². The Labute approximate surface area is 107 Å². The van der Waals surface area contributed by atoms with E-state index in [4.69, 9.17) is 5.41 Å². The van der Waals surface area contributed by atoms with Crippen LogP contribution in [0.3, 0.4) is 0 Å². The highest BCUT2D eigenvalue weighted by molar-refractivity contribution is 5.76. The number of nitrogens with one attached hydrogen (secondary N) is 3. The van der Waals surface area contributed by atoms with Crippen LogP contribution in [-0.4, -0.2) is 37.4 Å². The molecule has 1 aromatic heterocycles. The van der Waals surface area contributed by atoms with Gasteiger partial charge in [0.1, 0.15) is 0 Å². The monoisotopic (exact) mass is 245 g/mol. The molecular formula is C13H19N5. The first-order valence-electron chi connectivity index (χ1n) is 6.16. The smallest absolute Gasteiger partial charge is 0.152 e. The van der Waals surface area contributed by atoms with Crippen LogP contribution in [0.4, 0.5) is 11.5 Å². The van der Waals surface area contributed by atoms with E-state index in [0.717, 1.165) is 43.3 Å². The van der Waals surface area contributed by atoms with Gasteiger partial charge in [-0.2, -0.15) is 0 Å². The second kappa shape index (κ2) is 6.16. The fourth-order valence-corrected chi connectivity index (χ4v) is 1.87. The molecule has 2 heterocycles. The molecule has 0 unspecified atom stereocenters. The van der Waals surface area contributed by atoms with Crippen LogP contribution in [0.25, 0.3) is 0 Å². The lowest BCUT2D eigenvalue weighted by atomic mass is 10.3. The minimum atomic E-state index is 0.880. The minimum absolute atomic E-state index is 0.880. The number of piperazine rings is 1. The van der Waals surface area contributed by atoms with E-state index in [1.165, 1.54) is 6.21 Å². The molecule has 3 N–H and O–H groups in total. The molecule has 0 atom stereocenters. The molecule has 0 radical (unpaired) electrons. The summed E-state index contributed by atoms with van der Waals surface area (Å²) in [6, 6.07) is 3.93. The number of anilines is 2. The maximum atomic E-state index is 7.16. The third kappa shape index (κ3) is 3.07. The highest BCUT2D eigenvalue weighted by Gasteiger charge is 2.14. The summed E-state index contributed by atoms with van der Waals surface area (Å²) in [6.45, 7) is 5.82. The van der Waals surface area contributed by atoms with Gasteiger partial charge in [-0.25, -0.2) is 4.98 Å². The van der Waals surface area contributed by atoms with Crippen molar-refractivity contribution in [1.82, 2.24) is 10.3 Å². The topological polar surface area (TPSA) is 64.0 Å². The normalized spacial score (nSPS) is 16.5. The molecule has 96 valence electrons. The molecule has 1 fully saturated rings. The van der Waals surface area contributed by atoms with Crippen LogP contribution in [0, 0.1) is 5.41 Å². The molecule has 5 heteroatoms. The molecule has 2 rings (SSSR count). The fraction of sp³-hybridized carbons (Fsp3) is 0.385. The van der Waals surface area contributed by atoms with Gasteiger partial charge < -0.3 is 20.9 Å². The molecule has 0 amide bonds. The van der Waals surface area contributed by atoms with E-state index < -0.39 is 0 Å². The Morgan fingerprint density at radius 3 is 3.00 bits per heavy atom. The van der Waals surface area contributed by atoms with E-state index in [1.807, 2.05) is 31.5 Å². The Kier molecular flexibility index (Phi) is 4.30. The molecule has 1 aliphatic heterocycles. The van der Waals surface area contributed by atoms with Gasteiger partial charge in [0.25, 0.3) is 0 Å². The van der Waals surface area contributed by atoms with Crippen molar-refractivity contribution in [3.63, 3.8) is 0 Å². The van der Waals surface area contributed by atoms with E-state index in [-0.39, 0.29) is 0 Å². The van der Waals surface area contributed by atoms with Crippen molar-refractivity contribution in [2.75, 3.05) is 36.4 Å². The fourth-order valence-electron chi connectivity index (χ4n) is 1.87. The second-order valence-corrected chi connectivity index (χ2v) is 4.29. The second-order valence-electron chi connectivity index (χ2n) is 4.29. The lowest BCUT2D eigenvalue weighted by Gasteiger charge is -2.29. The highest BCUT2D eigenvalue weighted by atomic mass is 15.2. The number of hydrogen-bond acceptors (Lipinski definition) is 5. The highest BCUT2D eigenvalue weighted by Crippen LogP contribution is 2.22. The lowest BCUT2D eigenvalue weighted by Crippen LogP contribution is -2.44. The molecule has 1 saturated heterocycles. The predicted octanol–water partition coefficient (Wildman–Crippen LogP) is 1.46. The van der Waals surface area contributed by atoms with Crippen LogP contribution in [0.15, 0.2) is 30.1 Å². The lowest BCUT2D eigenvalue weighted by molar-refractivity contribution is 0.585. The summed E-state index contributed by atoms with van der Waals surface area (Å²) in [5, 5.41) is 13.7. The average molecular weight is 245 g/mol. The van der Waals surface area contributed by atoms with Crippen molar-refractivity contribution in [1.29, 1.82) is 5.41 Å². The van der Waals surface area contributed by atoms with Crippen LogP contribution in [0.1, 0.15) is 6.92 Å². The summed E-state index contributed by atoms with van der Waals surface area (Å²) in [6.07, 6.45) is 4.97. The number of rotatable bonds is 4. The number of allylic oxidation sites excluding steroid dienone is 1. The first-order chi connectivity index (χ1) is 8.81. The SMILES string of the molecule is C/C(C=N)=C/Nc1cccnc1N1CCNCC1. The summed E-state index contributed by atoms with van der Waals surface area (Å²) < 4.78 is 0. The van der Waals surface area contributed by atoms with Crippen LogP contribution in [-0.2, 0) is 0 Å². The Hall–Kier alpha value is -1.88. The first kappa shape index (κ1) is 12.6. The van der Waals surface area contributed by atoms with Gasteiger partial charge in [0.05, 0.1) is 5.69 Å². The van der Waals surface area contributed by atoms with Crippen molar-refractivity contribution in [2.24, 2.45) is 0 Å². The van der Waals surface area contributed by atoms with Gasteiger partial charge >= 0.3 is 0 Å². The average Bonchev–Trinajstić information content (AvgIpc) is 2.46. The molecule has 1 aliphatic rings. The van der Waals surface area contributed by atoms with Gasteiger partial charge in [0, 0.05) is 44.8 Å². The van der Waals surface area contributed by atoms with Gasteiger partial charge in [-0.05, 0) is 24.6 Å². The van der Waals surface area contributed by atoms with Crippen LogP contribution in [0.2, 0.25) is 0 Å². The van der Waals surface area contributed by atoms with Crippen LogP contribution >= 0.6 is 0 Å². The van der Waals surface area contributed by atoms with Crippen LogP contribution < -0.4 is 15.5 Å². The summed E-state index contributed by atoms with van der Waals surface area (Å²) in [4.78, 5) is 6.73. The van der Waals surface area contributed by atoms with Gasteiger partial charge in [-0.15, -0.1) is 0 Å². The van der Waals surface area contributed by atoms with E-state index >= 15 is 0 Å². The number of aromatic nitrogens is 1. The third-order valence-electron chi connectivity index (χ3n) is 2.89. The van der Waals surface area contributed by atoms with E-state index in [0.29, 0.717) is 0 Å². The molecule has 0 bridgehead atoms. The molecule has 5 nitrogen and oxygen atoms in total. The van der Waals surface area contributed by atoms with Crippen molar-refractivity contribution in [2.45, 2.75) is 6.92 Å². The molecule has 18 heavy (non-hydrogen) atoms. The zero-order chi connectivity index (χ0) is 12.8. The Morgan fingerprint density at radius 1 is 1.50 bits per heavy atom. The Balaban J connectivity index is 2.16. The van der Waals surface area contributed by atoms with E-state index in [9.17, 15) is 0 Å². The van der Waals surface area contributed by atoms with Crippen molar-refractivity contribution in [3.8, 4) is 0 Å². The zero-order valence-corrected chi connectivity index (χ0v) is 10.6. The van der Waals surface area contributed by atoms with Crippen molar-refractivity contribution >= 4 is 17.7 Å². The van der Waals surface area contributed by atoms with E-state index in [2.05, 4.69) is 20.5 Å². The summed E-state index contributed by atoms with van der Waals surface area (Å²) in [5.74, 6) is 0.980. The van der Waals surface area contributed by atoms with Gasteiger partial charge in [-0.1, -0.05) is 0 Å². The molecule has 0 aromatic carbocycles. The molecule has 1 aromatic rings. The molecule has 0 saturated carbocycles. The standard InChI is InChI=1S/C13H19N5/c1-11(9-14)10-17-12-3-2-4-16-13(12)18-7-5-15-6-8-18/h2-4,9-10,14-15,17H,5-8H2,1H3/b11-10-,14-9?. The maximum Gasteiger partial charge on any atom is 0.152 e. The molecular weight excluding hydrogens is 226 g/mol. The van der Waals surface area contributed by atoms with Gasteiger partial charge in [0.2, 0.25) is 0 Å². The number of nitrogens with zero attached hydrogens (tertiary/aromatic N) is 2. The predicted molar refractivity (Wildman–Crippen MR) is 75.5 cm³/mol. The summed E-state index contributed by atoms with van der Waals surface area (Å²) in [7, 11) is 0. The number of pyridine rings is 1. The van der Waals surface area contributed by atoms with Gasteiger partial charge in [0.15, 0.2) is 5.82 Å². The quantitative estimate of drug-likeness (QED) is 0.703. The first-order valence-corrected chi connectivity index (χ1v) is 6.16. The number of hydrogen-bond donors (Lipinski definition) is 3. The Morgan fingerprint density at radius 2 is 2.28 bits per heavy atom. The van der Waals surface area contributed by atoms with E-state index in [1.54, 1.807) is 0 Å². The third-order valence-corrected chi connectivity index (χ3v) is 2.89. The Bertz CT molecular complexity index is 435. The minimum Gasteiger partial charge on any atom is -0.358 e. The summed E-state index contributed by atoms with van der Waals surface area (Å²) in [5.41, 5.74) is 1.87. The van der Waals surface area contributed by atoms with Gasteiger partial charge in [-0.3, -0.25) is 0 Å².